The van der Waals surface area contributed by atoms with Crippen LogP contribution in [0.5, 0.6) is 0 Å². The van der Waals surface area contributed by atoms with E-state index in [1.165, 1.54) is 4.88 Å². The van der Waals surface area contributed by atoms with Gasteiger partial charge in [0.1, 0.15) is 6.61 Å². The van der Waals surface area contributed by atoms with Crippen molar-refractivity contribution >= 4 is 17.1 Å². The third kappa shape index (κ3) is 4.53. The number of thiophene rings is 1. The predicted molar refractivity (Wildman–Crippen MR) is 58.8 cm³/mol. The van der Waals surface area contributed by atoms with E-state index in [9.17, 15) is 4.79 Å². The molecule has 0 aliphatic rings. The first-order chi connectivity index (χ1) is 6.83. The minimum absolute atomic E-state index is 0.207. The van der Waals surface area contributed by atoms with Crippen molar-refractivity contribution in [2.45, 2.75) is 26.2 Å². The molecule has 0 fully saturated rings. The second kappa shape index (κ2) is 6.74. The third-order valence-electron chi connectivity index (χ3n) is 1.86. The lowest BCUT2D eigenvalue weighted by atomic mass is 10.2. The molecule has 0 aliphatic carbocycles. The van der Waals surface area contributed by atoms with E-state index in [4.69, 9.17) is 4.74 Å². The van der Waals surface area contributed by atoms with Gasteiger partial charge in [-0.3, -0.25) is 4.79 Å². The van der Waals surface area contributed by atoms with Crippen LogP contribution in [0.2, 0.25) is 0 Å². The zero-order chi connectivity index (χ0) is 10.2. The average Bonchev–Trinajstić information content (AvgIpc) is 2.65. The molecule has 3 heteroatoms. The van der Waals surface area contributed by atoms with E-state index in [0.717, 1.165) is 12.8 Å². The number of Topliss-reactive ketones (excluding diaryl/α,β-unsaturated/α-hetero) is 1. The van der Waals surface area contributed by atoms with Gasteiger partial charge in [-0.25, -0.2) is 0 Å². The van der Waals surface area contributed by atoms with Crippen LogP contribution in [0.4, 0.5) is 0 Å². The lowest BCUT2D eigenvalue weighted by molar-refractivity contribution is -0.123. The SMILES string of the molecule is CCCC(=O)COCCc1cccs1. The maximum Gasteiger partial charge on any atom is 0.158 e. The molecule has 0 saturated carbocycles. The van der Waals surface area contributed by atoms with E-state index < -0.39 is 0 Å². The molecule has 0 saturated heterocycles. The largest absolute Gasteiger partial charge is 0.373 e. The van der Waals surface area contributed by atoms with Gasteiger partial charge in [-0.2, -0.15) is 0 Å². The Morgan fingerprint density at radius 3 is 3.07 bits per heavy atom. The fourth-order valence-corrected chi connectivity index (χ4v) is 1.85. The first-order valence-electron chi connectivity index (χ1n) is 4.94. The van der Waals surface area contributed by atoms with Gasteiger partial charge in [-0.1, -0.05) is 13.0 Å². The zero-order valence-corrected chi connectivity index (χ0v) is 9.31. The van der Waals surface area contributed by atoms with Crippen LogP contribution in [0.1, 0.15) is 24.6 Å². The molecule has 0 N–H and O–H groups in total. The van der Waals surface area contributed by atoms with Crippen LogP contribution in [0, 0.1) is 0 Å². The van der Waals surface area contributed by atoms with Crippen molar-refractivity contribution < 1.29 is 9.53 Å². The monoisotopic (exact) mass is 212 g/mol. The number of hydrogen-bond donors (Lipinski definition) is 0. The highest BCUT2D eigenvalue weighted by Gasteiger charge is 2.00. The summed E-state index contributed by atoms with van der Waals surface area (Å²) in [6.45, 7) is 2.93. The fourth-order valence-electron chi connectivity index (χ4n) is 1.16. The van der Waals surface area contributed by atoms with Gasteiger partial charge < -0.3 is 4.74 Å². The third-order valence-corrected chi connectivity index (χ3v) is 2.80. The fraction of sp³-hybridized carbons (Fsp3) is 0.545. The minimum atomic E-state index is 0.207. The smallest absolute Gasteiger partial charge is 0.158 e. The van der Waals surface area contributed by atoms with Crippen molar-refractivity contribution in [1.82, 2.24) is 0 Å². The van der Waals surface area contributed by atoms with Crippen molar-refractivity contribution in [3.63, 3.8) is 0 Å². The number of ketones is 1. The Hall–Kier alpha value is -0.670. The number of rotatable bonds is 7. The van der Waals surface area contributed by atoms with Crippen LogP contribution in [0.25, 0.3) is 0 Å². The van der Waals surface area contributed by atoms with E-state index in [0.29, 0.717) is 13.0 Å². The summed E-state index contributed by atoms with van der Waals surface area (Å²) in [6.07, 6.45) is 2.46. The predicted octanol–water partition coefficient (Wildman–Crippen LogP) is 2.68. The van der Waals surface area contributed by atoms with Gasteiger partial charge in [0, 0.05) is 17.7 Å². The summed E-state index contributed by atoms with van der Waals surface area (Å²) in [5.41, 5.74) is 0. The number of hydrogen-bond acceptors (Lipinski definition) is 3. The summed E-state index contributed by atoms with van der Waals surface area (Å²) < 4.78 is 5.28. The molecular weight excluding hydrogens is 196 g/mol. The van der Waals surface area contributed by atoms with Gasteiger partial charge in [-0.15, -0.1) is 11.3 Å². The molecule has 2 nitrogen and oxygen atoms in total. The Balaban J connectivity index is 2.02. The molecule has 1 aromatic heterocycles. The molecule has 1 aromatic rings. The second-order valence-corrected chi connectivity index (χ2v) is 4.20. The Morgan fingerprint density at radius 1 is 1.57 bits per heavy atom. The van der Waals surface area contributed by atoms with E-state index in [2.05, 4.69) is 11.4 Å². The molecule has 14 heavy (non-hydrogen) atoms. The Kier molecular flexibility index (Phi) is 5.49. The molecule has 1 heterocycles. The van der Waals surface area contributed by atoms with Crippen molar-refractivity contribution in [2.75, 3.05) is 13.2 Å². The Labute approximate surface area is 88.9 Å². The van der Waals surface area contributed by atoms with Gasteiger partial charge in [-0.05, 0) is 17.9 Å². The van der Waals surface area contributed by atoms with Crippen molar-refractivity contribution in [3.8, 4) is 0 Å². The van der Waals surface area contributed by atoms with Crippen LogP contribution in [0.3, 0.4) is 0 Å². The average molecular weight is 212 g/mol. The number of carbonyl (C=O) groups excluding carboxylic acids is 1. The summed E-state index contributed by atoms with van der Waals surface area (Å²) in [5.74, 6) is 0.207. The number of carbonyl (C=O) groups is 1. The van der Waals surface area contributed by atoms with E-state index in [1.807, 2.05) is 13.0 Å². The Bertz CT molecular complexity index is 254. The standard InChI is InChI=1S/C11H16O2S/c1-2-4-10(12)9-13-7-6-11-5-3-8-14-11/h3,5,8H,2,4,6-7,9H2,1H3. The summed E-state index contributed by atoms with van der Waals surface area (Å²) in [6, 6.07) is 4.12. The molecule has 0 aliphatic heterocycles. The highest BCUT2D eigenvalue weighted by Crippen LogP contribution is 2.08. The van der Waals surface area contributed by atoms with Crippen LogP contribution in [0.15, 0.2) is 17.5 Å². The van der Waals surface area contributed by atoms with Crippen LogP contribution < -0.4 is 0 Å². The second-order valence-electron chi connectivity index (χ2n) is 3.17. The van der Waals surface area contributed by atoms with Crippen molar-refractivity contribution in [2.24, 2.45) is 0 Å². The van der Waals surface area contributed by atoms with E-state index >= 15 is 0 Å². The molecule has 0 atom stereocenters. The Morgan fingerprint density at radius 2 is 2.43 bits per heavy atom. The summed E-state index contributed by atoms with van der Waals surface area (Å²) in [5, 5.41) is 2.05. The molecule has 0 amide bonds. The first-order valence-corrected chi connectivity index (χ1v) is 5.82. The highest BCUT2D eigenvalue weighted by atomic mass is 32.1. The van der Waals surface area contributed by atoms with Gasteiger partial charge in [0.15, 0.2) is 5.78 Å². The lowest BCUT2D eigenvalue weighted by Crippen LogP contribution is -2.09. The van der Waals surface area contributed by atoms with Crippen molar-refractivity contribution in [1.29, 1.82) is 0 Å². The molecule has 0 spiro atoms. The quantitative estimate of drug-likeness (QED) is 0.649. The normalized spacial score (nSPS) is 10.4. The highest BCUT2D eigenvalue weighted by molar-refractivity contribution is 7.09. The lowest BCUT2D eigenvalue weighted by Gasteiger charge is -2.01. The molecule has 0 radical (unpaired) electrons. The molecular formula is C11H16O2S. The van der Waals surface area contributed by atoms with Gasteiger partial charge in [0.2, 0.25) is 0 Å². The van der Waals surface area contributed by atoms with Crippen LogP contribution in [-0.2, 0) is 16.0 Å². The van der Waals surface area contributed by atoms with Crippen molar-refractivity contribution in [3.05, 3.63) is 22.4 Å². The van der Waals surface area contributed by atoms with Gasteiger partial charge in [0.05, 0.1) is 6.61 Å². The summed E-state index contributed by atoms with van der Waals surface area (Å²) >= 11 is 1.73. The summed E-state index contributed by atoms with van der Waals surface area (Å²) in [7, 11) is 0. The molecule has 0 bridgehead atoms. The maximum atomic E-state index is 11.1. The van der Waals surface area contributed by atoms with Crippen LogP contribution in [-0.4, -0.2) is 19.0 Å². The zero-order valence-electron chi connectivity index (χ0n) is 8.49. The summed E-state index contributed by atoms with van der Waals surface area (Å²) in [4.78, 5) is 12.4. The molecule has 0 aromatic carbocycles. The molecule has 0 unspecified atom stereocenters. The number of ether oxygens (including phenoxy) is 1. The molecule has 1 rings (SSSR count). The van der Waals surface area contributed by atoms with E-state index in [-0.39, 0.29) is 12.4 Å². The van der Waals surface area contributed by atoms with Gasteiger partial charge in [0.25, 0.3) is 0 Å². The maximum absolute atomic E-state index is 11.1. The minimum Gasteiger partial charge on any atom is -0.373 e. The van der Waals surface area contributed by atoms with Gasteiger partial charge >= 0.3 is 0 Å². The first kappa shape index (κ1) is 11.4. The topological polar surface area (TPSA) is 26.3 Å². The molecule has 78 valence electrons. The van der Waals surface area contributed by atoms with Crippen LogP contribution >= 0.6 is 11.3 Å². The van der Waals surface area contributed by atoms with E-state index in [1.54, 1.807) is 11.3 Å².